The van der Waals surface area contributed by atoms with E-state index >= 15 is 8.78 Å². The van der Waals surface area contributed by atoms with Crippen molar-refractivity contribution < 1.29 is 32.2 Å². The number of benzene rings is 3. The van der Waals surface area contributed by atoms with Crippen LogP contribution >= 0.6 is 0 Å². The van der Waals surface area contributed by atoms with Crippen molar-refractivity contribution in [3.63, 3.8) is 0 Å². The van der Waals surface area contributed by atoms with Crippen LogP contribution in [0, 0.1) is 36.8 Å². The topological polar surface area (TPSA) is 104 Å². The zero-order valence-electron chi connectivity index (χ0n) is 27.5. The second-order valence-corrected chi connectivity index (χ2v) is 12.4. The van der Waals surface area contributed by atoms with E-state index in [2.05, 4.69) is 16.7 Å². The van der Waals surface area contributed by atoms with Crippen LogP contribution in [-0.4, -0.2) is 49.2 Å². The van der Waals surface area contributed by atoms with E-state index in [4.69, 9.17) is 9.47 Å². The third kappa shape index (κ3) is 7.82. The standard InChI is InChI=1S/C37H39F3N4O4/c1-5-47-33(45)15-31-29-14-26(11-23(4)35(29)40)34-22(3)10-25(16-41)13-32(34)48-20-24-6-7-30(39)28(12-24)36(37(46)43-31)42-17-21(2)8-9-44-18-27(38)19-44/h6-7,10-14,17,27,31,36,42H,5,8-9,15,18-20H2,1-4H3,(H,43,46)/b21-17+/t31-,36-/m0/s1. The molecule has 0 unspecified atom stereocenters. The Morgan fingerprint density at radius 2 is 1.92 bits per heavy atom. The largest absolute Gasteiger partial charge is 0.488 e. The minimum Gasteiger partial charge on any atom is -0.488 e. The summed E-state index contributed by atoms with van der Waals surface area (Å²) in [4.78, 5) is 28.9. The number of nitrogens with one attached hydrogen (secondary N) is 2. The minimum absolute atomic E-state index is 0.0122. The highest BCUT2D eigenvalue weighted by Crippen LogP contribution is 2.39. The first-order valence-electron chi connectivity index (χ1n) is 16.0. The van der Waals surface area contributed by atoms with Gasteiger partial charge < -0.3 is 20.1 Å². The van der Waals surface area contributed by atoms with Gasteiger partial charge in [0.25, 0.3) is 0 Å². The lowest BCUT2D eigenvalue weighted by Crippen LogP contribution is -2.48. The van der Waals surface area contributed by atoms with Crippen molar-refractivity contribution in [1.29, 1.82) is 5.26 Å². The van der Waals surface area contributed by atoms with Gasteiger partial charge in [-0.05, 0) is 99.0 Å². The highest BCUT2D eigenvalue weighted by molar-refractivity contribution is 5.85. The second-order valence-electron chi connectivity index (χ2n) is 12.4. The molecule has 0 radical (unpaired) electrons. The van der Waals surface area contributed by atoms with Crippen LogP contribution in [0.25, 0.3) is 11.1 Å². The number of ether oxygens (including phenoxy) is 2. The molecule has 11 heteroatoms. The lowest BCUT2D eigenvalue weighted by atomic mass is 9.91. The molecule has 2 atom stereocenters. The SMILES string of the molecule is CCOC(=O)C[C@@H]1NC(=O)[C@@H](N/C=C(\C)CCN2CC(F)C2)c2cc(ccc2F)COc2cc(C#N)cc(C)c2-c2cc(C)c(F)c1c2. The van der Waals surface area contributed by atoms with E-state index in [0.717, 1.165) is 5.57 Å². The average Bonchev–Trinajstić information content (AvgIpc) is 3.03. The van der Waals surface area contributed by atoms with E-state index in [9.17, 15) is 19.2 Å². The summed E-state index contributed by atoms with van der Waals surface area (Å²) in [5.74, 6) is -2.26. The van der Waals surface area contributed by atoms with E-state index in [1.165, 1.54) is 12.1 Å². The van der Waals surface area contributed by atoms with Gasteiger partial charge in [-0.3, -0.25) is 14.5 Å². The summed E-state index contributed by atoms with van der Waals surface area (Å²) >= 11 is 0. The van der Waals surface area contributed by atoms with Crippen molar-refractivity contribution >= 4 is 11.9 Å². The second kappa shape index (κ2) is 14.9. The molecule has 0 aromatic heterocycles. The van der Waals surface area contributed by atoms with Crippen LogP contribution in [0.15, 0.2) is 54.2 Å². The molecule has 48 heavy (non-hydrogen) atoms. The first-order valence-corrected chi connectivity index (χ1v) is 16.0. The fourth-order valence-corrected chi connectivity index (χ4v) is 6.07. The Hall–Kier alpha value is -4.82. The maximum Gasteiger partial charge on any atom is 0.308 e. The fraction of sp³-hybridized carbons (Fsp3) is 0.378. The summed E-state index contributed by atoms with van der Waals surface area (Å²) in [5.41, 5.74) is 3.97. The Morgan fingerprint density at radius 3 is 2.62 bits per heavy atom. The zero-order valence-corrected chi connectivity index (χ0v) is 27.5. The quantitative estimate of drug-likeness (QED) is 0.270. The number of hydrogen-bond acceptors (Lipinski definition) is 7. The van der Waals surface area contributed by atoms with Gasteiger partial charge in [0.2, 0.25) is 5.91 Å². The predicted molar refractivity (Wildman–Crippen MR) is 174 cm³/mol. The lowest BCUT2D eigenvalue weighted by Gasteiger charge is -2.34. The number of likely N-dealkylation sites (tertiary alicyclic amines) is 1. The molecule has 0 aliphatic carbocycles. The Kier molecular flexibility index (Phi) is 10.7. The highest BCUT2D eigenvalue weighted by atomic mass is 19.1. The molecule has 2 aliphatic heterocycles. The predicted octanol–water partition coefficient (Wildman–Crippen LogP) is 6.40. The molecule has 3 aromatic rings. The van der Waals surface area contributed by atoms with E-state index < -0.39 is 41.8 Å². The van der Waals surface area contributed by atoms with Gasteiger partial charge >= 0.3 is 5.97 Å². The summed E-state index contributed by atoms with van der Waals surface area (Å²) < 4.78 is 56.3. The molecule has 2 N–H and O–H groups in total. The first kappa shape index (κ1) is 34.5. The molecule has 4 bridgehead atoms. The van der Waals surface area contributed by atoms with Crippen molar-refractivity contribution in [2.24, 2.45) is 0 Å². The van der Waals surface area contributed by atoms with Crippen LogP contribution in [0.3, 0.4) is 0 Å². The van der Waals surface area contributed by atoms with Crippen molar-refractivity contribution in [2.75, 3.05) is 26.2 Å². The molecule has 252 valence electrons. The summed E-state index contributed by atoms with van der Waals surface area (Å²) in [5, 5.41) is 15.5. The minimum atomic E-state index is -1.28. The molecular weight excluding hydrogens is 621 g/mol. The maximum absolute atomic E-state index is 16.0. The zero-order chi connectivity index (χ0) is 34.5. The number of nitrogens with zero attached hydrogens (tertiary/aromatic N) is 2. The number of aryl methyl sites for hydroxylation is 2. The normalized spacial score (nSPS) is 18.4. The molecule has 1 amide bonds. The van der Waals surface area contributed by atoms with Crippen LogP contribution in [-0.2, 0) is 20.9 Å². The van der Waals surface area contributed by atoms with E-state index in [1.807, 2.05) is 18.7 Å². The fourth-order valence-electron chi connectivity index (χ4n) is 6.07. The molecule has 2 aliphatic rings. The number of hydrogen-bond donors (Lipinski definition) is 2. The number of fused-ring (bicyclic) bond motifs is 6. The van der Waals surface area contributed by atoms with Gasteiger partial charge in [0.1, 0.15) is 36.2 Å². The Morgan fingerprint density at radius 1 is 1.15 bits per heavy atom. The lowest BCUT2D eigenvalue weighted by molar-refractivity contribution is -0.143. The van der Waals surface area contributed by atoms with Crippen molar-refractivity contribution in [1.82, 2.24) is 15.5 Å². The van der Waals surface area contributed by atoms with Crippen LogP contribution in [0.5, 0.6) is 5.75 Å². The Balaban J connectivity index is 1.62. The smallest absolute Gasteiger partial charge is 0.308 e. The van der Waals surface area contributed by atoms with Crippen molar-refractivity contribution in [3.8, 4) is 22.9 Å². The maximum atomic E-state index is 16.0. The van der Waals surface area contributed by atoms with Crippen molar-refractivity contribution in [3.05, 3.63) is 99.3 Å². The Labute approximate surface area is 278 Å². The molecule has 2 heterocycles. The molecule has 8 nitrogen and oxygen atoms in total. The van der Waals surface area contributed by atoms with Crippen molar-refractivity contribution in [2.45, 2.75) is 65.4 Å². The van der Waals surface area contributed by atoms with Gasteiger partial charge in [0.05, 0.1) is 30.7 Å². The number of rotatable bonds is 8. The summed E-state index contributed by atoms with van der Waals surface area (Å²) in [6.07, 6.45) is 1.01. The number of carbonyl (C=O) groups is 2. The van der Waals surface area contributed by atoms with Crippen LogP contribution in [0.2, 0.25) is 0 Å². The molecular formula is C37H39F3N4O4. The van der Waals surface area contributed by atoms with Crippen LogP contribution in [0.1, 0.15) is 72.2 Å². The number of carbonyl (C=O) groups excluding carboxylic acids is 2. The molecule has 5 rings (SSSR count). The number of nitriles is 1. The Bertz CT molecular complexity index is 1780. The first-order chi connectivity index (χ1) is 23.0. The molecule has 1 fully saturated rings. The summed E-state index contributed by atoms with van der Waals surface area (Å²) in [6, 6.07) is 10.5. The van der Waals surface area contributed by atoms with E-state index in [0.29, 0.717) is 59.6 Å². The monoisotopic (exact) mass is 660 g/mol. The highest BCUT2D eigenvalue weighted by Gasteiger charge is 2.31. The molecule has 3 aromatic carbocycles. The van der Waals surface area contributed by atoms with Gasteiger partial charge in [-0.1, -0.05) is 11.6 Å². The number of amides is 1. The van der Waals surface area contributed by atoms with Gasteiger partial charge in [-0.25, -0.2) is 13.2 Å². The summed E-state index contributed by atoms with van der Waals surface area (Å²) in [7, 11) is 0. The van der Waals surface area contributed by atoms with Gasteiger partial charge in [0.15, 0.2) is 0 Å². The van der Waals surface area contributed by atoms with Crippen LogP contribution < -0.4 is 15.4 Å². The van der Waals surface area contributed by atoms with E-state index in [1.54, 1.807) is 50.4 Å². The number of esters is 1. The number of halogens is 3. The average molecular weight is 661 g/mol. The molecule has 0 spiro atoms. The number of alkyl halides is 1. The van der Waals surface area contributed by atoms with Gasteiger partial charge in [-0.2, -0.15) is 5.26 Å². The molecule has 0 saturated carbocycles. The van der Waals surface area contributed by atoms with E-state index in [-0.39, 0.29) is 36.3 Å². The van der Waals surface area contributed by atoms with Gasteiger partial charge in [-0.15, -0.1) is 0 Å². The third-order valence-corrected chi connectivity index (χ3v) is 8.63. The molecule has 1 saturated heterocycles. The van der Waals surface area contributed by atoms with Gasteiger partial charge in [0, 0.05) is 36.3 Å². The van der Waals surface area contributed by atoms with Crippen LogP contribution in [0.4, 0.5) is 13.2 Å². The summed E-state index contributed by atoms with van der Waals surface area (Å²) in [6.45, 7) is 8.36. The third-order valence-electron chi connectivity index (χ3n) is 8.63.